The minimum atomic E-state index is 0.0395. The van der Waals surface area contributed by atoms with Gasteiger partial charge in [0.15, 0.2) is 0 Å². The highest BCUT2D eigenvalue weighted by atomic mass is 16.5. The Hall–Kier alpha value is -1.39. The molecule has 0 bridgehead atoms. The van der Waals surface area contributed by atoms with Gasteiger partial charge in [-0.3, -0.25) is 4.79 Å². The van der Waals surface area contributed by atoms with Crippen molar-refractivity contribution in [3.8, 4) is 0 Å². The first-order valence-electron chi connectivity index (χ1n) is 6.98. The fourth-order valence-corrected chi connectivity index (χ4v) is 1.97. The highest BCUT2D eigenvalue weighted by molar-refractivity contribution is 5.90. The average molecular weight is 262 g/mol. The Labute approximate surface area is 114 Å². The van der Waals surface area contributed by atoms with Crippen molar-refractivity contribution in [1.82, 2.24) is 0 Å². The first kappa shape index (κ1) is 14.0. The van der Waals surface area contributed by atoms with Crippen LogP contribution < -0.4 is 11.1 Å². The van der Waals surface area contributed by atoms with E-state index < -0.39 is 0 Å². The Morgan fingerprint density at radius 1 is 1.32 bits per heavy atom. The van der Waals surface area contributed by atoms with Gasteiger partial charge in [0.05, 0.1) is 6.10 Å². The molecular formula is C15H22N2O2. The number of nitrogens with two attached hydrogens (primary N) is 1. The molecule has 2 rings (SSSR count). The van der Waals surface area contributed by atoms with Gasteiger partial charge in [-0.1, -0.05) is 12.1 Å². The van der Waals surface area contributed by atoms with E-state index in [0.717, 1.165) is 17.7 Å². The van der Waals surface area contributed by atoms with Crippen molar-refractivity contribution in [2.75, 3.05) is 11.9 Å². The van der Waals surface area contributed by atoms with Gasteiger partial charge in [-0.05, 0) is 43.4 Å². The van der Waals surface area contributed by atoms with Crippen LogP contribution in [0.4, 0.5) is 5.69 Å². The van der Waals surface area contributed by atoms with Crippen LogP contribution >= 0.6 is 0 Å². The van der Waals surface area contributed by atoms with Gasteiger partial charge in [-0.2, -0.15) is 0 Å². The maximum Gasteiger partial charge on any atom is 0.224 e. The second kappa shape index (κ2) is 7.26. The van der Waals surface area contributed by atoms with Crippen molar-refractivity contribution in [2.45, 2.75) is 44.8 Å². The van der Waals surface area contributed by atoms with Crippen LogP contribution in [-0.4, -0.2) is 18.6 Å². The number of carbonyl (C=O) groups excluding carboxylic acids is 1. The van der Waals surface area contributed by atoms with E-state index in [1.54, 1.807) is 0 Å². The summed E-state index contributed by atoms with van der Waals surface area (Å²) < 4.78 is 5.61. The Bertz CT molecular complexity index is 399. The van der Waals surface area contributed by atoms with Crippen molar-refractivity contribution in [3.63, 3.8) is 0 Å². The molecule has 0 heterocycles. The Kier molecular flexibility index (Phi) is 5.36. The molecule has 1 aliphatic rings. The average Bonchev–Trinajstić information content (AvgIpc) is 2.37. The number of nitrogens with one attached hydrogen (secondary N) is 1. The zero-order valence-electron chi connectivity index (χ0n) is 11.2. The lowest BCUT2D eigenvalue weighted by Crippen LogP contribution is -2.22. The van der Waals surface area contributed by atoms with Crippen LogP contribution in [0.15, 0.2) is 24.3 Å². The summed E-state index contributed by atoms with van der Waals surface area (Å²) in [7, 11) is 0. The molecule has 0 saturated heterocycles. The van der Waals surface area contributed by atoms with E-state index in [1.807, 2.05) is 24.3 Å². The van der Waals surface area contributed by atoms with Crippen LogP contribution in [-0.2, 0) is 16.1 Å². The van der Waals surface area contributed by atoms with Gasteiger partial charge >= 0.3 is 0 Å². The van der Waals surface area contributed by atoms with Crippen molar-refractivity contribution in [1.29, 1.82) is 0 Å². The third-order valence-corrected chi connectivity index (χ3v) is 3.43. The van der Waals surface area contributed by atoms with E-state index in [2.05, 4.69) is 5.32 Å². The van der Waals surface area contributed by atoms with Crippen LogP contribution in [0, 0.1) is 0 Å². The number of anilines is 1. The maximum atomic E-state index is 11.7. The number of hydrogen-bond acceptors (Lipinski definition) is 3. The zero-order chi connectivity index (χ0) is 13.5. The quantitative estimate of drug-likeness (QED) is 0.742. The summed E-state index contributed by atoms with van der Waals surface area (Å²) in [5, 5.41) is 2.87. The molecule has 1 amide bonds. The van der Waals surface area contributed by atoms with E-state index in [-0.39, 0.29) is 5.91 Å². The highest BCUT2D eigenvalue weighted by Gasteiger charge is 2.17. The second-order valence-electron chi connectivity index (χ2n) is 4.98. The normalized spacial score (nSPS) is 15.0. The van der Waals surface area contributed by atoms with Crippen LogP contribution in [0.3, 0.4) is 0 Å². The molecule has 1 aromatic rings. The molecule has 1 saturated carbocycles. The summed E-state index contributed by atoms with van der Waals surface area (Å²) >= 11 is 0. The van der Waals surface area contributed by atoms with E-state index in [0.29, 0.717) is 25.7 Å². The van der Waals surface area contributed by atoms with Gasteiger partial charge in [-0.25, -0.2) is 0 Å². The third-order valence-electron chi connectivity index (χ3n) is 3.43. The molecule has 0 radical (unpaired) electrons. The van der Waals surface area contributed by atoms with E-state index in [9.17, 15) is 4.79 Å². The van der Waals surface area contributed by atoms with Gasteiger partial charge in [0.1, 0.15) is 0 Å². The molecule has 3 N–H and O–H groups in total. The maximum absolute atomic E-state index is 11.7. The molecule has 19 heavy (non-hydrogen) atoms. The standard InChI is InChI=1S/C15H22N2O2/c16-11-12-6-8-13(9-7-12)17-15(18)5-2-10-19-14-3-1-4-14/h6-9,14H,1-5,10-11,16H2,(H,17,18). The van der Waals surface area contributed by atoms with Gasteiger partial charge in [0.2, 0.25) is 5.91 Å². The topological polar surface area (TPSA) is 64.3 Å². The van der Waals surface area contributed by atoms with Crippen LogP contribution in [0.5, 0.6) is 0 Å². The van der Waals surface area contributed by atoms with Crippen molar-refractivity contribution in [3.05, 3.63) is 29.8 Å². The van der Waals surface area contributed by atoms with E-state index >= 15 is 0 Å². The number of ether oxygens (including phenoxy) is 1. The second-order valence-corrected chi connectivity index (χ2v) is 4.98. The number of amides is 1. The molecule has 1 fully saturated rings. The predicted octanol–water partition coefficient (Wildman–Crippen LogP) is 2.43. The van der Waals surface area contributed by atoms with Crippen LogP contribution in [0.2, 0.25) is 0 Å². The number of carbonyl (C=O) groups is 1. The predicted molar refractivity (Wildman–Crippen MR) is 75.8 cm³/mol. The molecule has 4 heteroatoms. The van der Waals surface area contributed by atoms with E-state index in [4.69, 9.17) is 10.5 Å². The Balaban J connectivity index is 1.62. The number of hydrogen-bond donors (Lipinski definition) is 2. The van der Waals surface area contributed by atoms with Gasteiger partial charge < -0.3 is 15.8 Å². The highest BCUT2D eigenvalue weighted by Crippen LogP contribution is 2.22. The minimum Gasteiger partial charge on any atom is -0.378 e. The first-order chi connectivity index (χ1) is 9.28. The summed E-state index contributed by atoms with van der Waals surface area (Å²) in [6.07, 6.45) is 5.38. The lowest BCUT2D eigenvalue weighted by Gasteiger charge is -2.25. The summed E-state index contributed by atoms with van der Waals surface area (Å²) in [5.74, 6) is 0.0395. The molecule has 0 atom stereocenters. The molecule has 0 unspecified atom stereocenters. The molecule has 0 spiro atoms. The zero-order valence-corrected chi connectivity index (χ0v) is 11.2. The number of benzene rings is 1. The molecule has 4 nitrogen and oxygen atoms in total. The Morgan fingerprint density at radius 3 is 2.63 bits per heavy atom. The molecule has 1 aliphatic carbocycles. The van der Waals surface area contributed by atoms with Crippen LogP contribution in [0.1, 0.15) is 37.7 Å². The smallest absolute Gasteiger partial charge is 0.224 e. The molecule has 104 valence electrons. The summed E-state index contributed by atoms with van der Waals surface area (Å²) in [5.41, 5.74) is 7.40. The summed E-state index contributed by atoms with van der Waals surface area (Å²) in [6, 6.07) is 7.61. The lowest BCUT2D eigenvalue weighted by molar-refractivity contribution is -0.116. The summed E-state index contributed by atoms with van der Waals surface area (Å²) in [6.45, 7) is 1.21. The molecular weight excluding hydrogens is 240 g/mol. The van der Waals surface area contributed by atoms with Crippen molar-refractivity contribution in [2.24, 2.45) is 5.73 Å². The fourth-order valence-electron chi connectivity index (χ4n) is 1.97. The third kappa shape index (κ3) is 4.65. The SMILES string of the molecule is NCc1ccc(NC(=O)CCCOC2CCC2)cc1. The largest absolute Gasteiger partial charge is 0.378 e. The number of rotatable bonds is 7. The monoisotopic (exact) mass is 262 g/mol. The van der Waals surface area contributed by atoms with Gasteiger partial charge in [0, 0.05) is 25.3 Å². The fraction of sp³-hybridized carbons (Fsp3) is 0.533. The van der Waals surface area contributed by atoms with Gasteiger partial charge in [-0.15, -0.1) is 0 Å². The van der Waals surface area contributed by atoms with E-state index in [1.165, 1.54) is 19.3 Å². The first-order valence-corrected chi connectivity index (χ1v) is 6.98. The molecule has 0 aliphatic heterocycles. The summed E-state index contributed by atoms with van der Waals surface area (Å²) in [4.78, 5) is 11.7. The Morgan fingerprint density at radius 2 is 2.05 bits per heavy atom. The lowest BCUT2D eigenvalue weighted by atomic mass is 9.96. The van der Waals surface area contributed by atoms with Crippen LogP contribution in [0.25, 0.3) is 0 Å². The molecule has 1 aromatic carbocycles. The minimum absolute atomic E-state index is 0.0395. The van der Waals surface area contributed by atoms with Gasteiger partial charge in [0.25, 0.3) is 0 Å². The van der Waals surface area contributed by atoms with Crippen molar-refractivity contribution >= 4 is 11.6 Å². The van der Waals surface area contributed by atoms with Crippen molar-refractivity contribution < 1.29 is 9.53 Å². The molecule has 0 aromatic heterocycles.